The number of esters is 1. The van der Waals surface area contributed by atoms with Crippen molar-refractivity contribution in [3.63, 3.8) is 0 Å². The zero-order chi connectivity index (χ0) is 20.9. The molecule has 0 spiro atoms. The van der Waals surface area contributed by atoms with Gasteiger partial charge in [-0.3, -0.25) is 0 Å². The Hall–Kier alpha value is -3.57. The van der Waals surface area contributed by atoms with Gasteiger partial charge in [0.25, 0.3) is 0 Å². The van der Waals surface area contributed by atoms with Gasteiger partial charge in [-0.25, -0.2) is 9.79 Å². The van der Waals surface area contributed by atoms with Crippen LogP contribution >= 0.6 is 11.6 Å². The summed E-state index contributed by atoms with van der Waals surface area (Å²) in [7, 11) is 1.54. The molecule has 0 saturated heterocycles. The Morgan fingerprint density at radius 2 is 1.73 bits per heavy atom. The molecule has 0 bridgehead atoms. The molecule has 1 heterocycles. The highest BCUT2D eigenvalue weighted by Crippen LogP contribution is 2.37. The number of benzene rings is 3. The Labute approximate surface area is 179 Å². The van der Waals surface area contributed by atoms with E-state index >= 15 is 0 Å². The first-order valence-electron chi connectivity index (χ1n) is 9.26. The summed E-state index contributed by atoms with van der Waals surface area (Å²) in [6.07, 6.45) is 1.60. The van der Waals surface area contributed by atoms with Crippen LogP contribution in [0.15, 0.2) is 83.5 Å². The Bertz CT molecular complexity index is 1120. The standard InChI is InChI=1S/C24H18ClNO4/c1-28-21-14-17(12-19(25)22(21)29-15-16-8-4-2-5-9-16)13-20-24(27)30-23(26-20)18-10-6-3-7-11-18/h2-14H,15H2,1H3. The van der Waals surface area contributed by atoms with Crippen molar-refractivity contribution in [1.82, 2.24) is 0 Å². The lowest BCUT2D eigenvalue weighted by Crippen LogP contribution is -2.05. The van der Waals surface area contributed by atoms with Crippen molar-refractivity contribution >= 4 is 29.5 Å². The topological polar surface area (TPSA) is 57.1 Å². The first-order valence-corrected chi connectivity index (χ1v) is 9.64. The molecule has 0 radical (unpaired) electrons. The van der Waals surface area contributed by atoms with Gasteiger partial charge in [0.1, 0.15) is 6.61 Å². The van der Waals surface area contributed by atoms with Crippen LogP contribution < -0.4 is 9.47 Å². The minimum Gasteiger partial charge on any atom is -0.493 e. The van der Waals surface area contributed by atoms with Crippen molar-refractivity contribution in [1.29, 1.82) is 0 Å². The second-order valence-corrected chi connectivity index (χ2v) is 6.92. The number of rotatable bonds is 6. The second kappa shape index (κ2) is 8.84. The van der Waals surface area contributed by atoms with Gasteiger partial charge in [0.15, 0.2) is 17.2 Å². The molecule has 0 atom stereocenters. The lowest BCUT2D eigenvalue weighted by molar-refractivity contribution is -0.129. The van der Waals surface area contributed by atoms with E-state index in [1.165, 1.54) is 7.11 Å². The summed E-state index contributed by atoms with van der Waals surface area (Å²) in [4.78, 5) is 16.5. The fourth-order valence-corrected chi connectivity index (χ4v) is 3.24. The predicted octanol–water partition coefficient (Wildman–Crippen LogP) is 5.27. The molecule has 5 nitrogen and oxygen atoms in total. The number of hydrogen-bond donors (Lipinski definition) is 0. The summed E-state index contributed by atoms with van der Waals surface area (Å²) in [6.45, 7) is 0.356. The molecule has 0 saturated carbocycles. The summed E-state index contributed by atoms with van der Waals surface area (Å²) in [5.74, 6) is 0.651. The fraction of sp³-hybridized carbons (Fsp3) is 0.0833. The van der Waals surface area contributed by atoms with Crippen molar-refractivity contribution in [3.05, 3.63) is 100 Å². The number of nitrogens with zero attached hydrogens (tertiary/aromatic N) is 1. The molecule has 1 aliphatic heterocycles. The average molecular weight is 420 g/mol. The van der Waals surface area contributed by atoms with Crippen LogP contribution in [0.2, 0.25) is 5.02 Å². The van der Waals surface area contributed by atoms with E-state index in [4.69, 9.17) is 25.8 Å². The molecule has 0 N–H and O–H groups in total. The van der Waals surface area contributed by atoms with Crippen molar-refractivity contribution in [2.75, 3.05) is 7.11 Å². The van der Waals surface area contributed by atoms with Crippen LogP contribution in [0, 0.1) is 0 Å². The Morgan fingerprint density at radius 1 is 1.03 bits per heavy atom. The quantitative estimate of drug-likeness (QED) is 0.403. The molecule has 3 aromatic rings. The van der Waals surface area contributed by atoms with E-state index in [0.29, 0.717) is 28.7 Å². The molecule has 4 rings (SSSR count). The summed E-state index contributed by atoms with van der Waals surface area (Å²) in [6, 6.07) is 22.4. The molecule has 150 valence electrons. The van der Waals surface area contributed by atoms with Crippen LogP contribution in [-0.2, 0) is 16.1 Å². The monoisotopic (exact) mass is 419 g/mol. The Morgan fingerprint density at radius 3 is 2.43 bits per heavy atom. The van der Waals surface area contributed by atoms with Gasteiger partial charge in [0, 0.05) is 5.56 Å². The molecule has 0 amide bonds. The van der Waals surface area contributed by atoms with Gasteiger partial charge in [-0.2, -0.15) is 0 Å². The highest BCUT2D eigenvalue weighted by molar-refractivity contribution is 6.32. The Kier molecular flexibility index (Phi) is 5.82. The molecular formula is C24H18ClNO4. The number of methoxy groups -OCH3 is 1. The number of aliphatic imine (C=N–C) groups is 1. The van der Waals surface area contributed by atoms with Gasteiger partial charge >= 0.3 is 5.97 Å². The van der Waals surface area contributed by atoms with Crippen molar-refractivity contribution in [2.45, 2.75) is 6.61 Å². The maximum absolute atomic E-state index is 12.2. The largest absolute Gasteiger partial charge is 0.493 e. The number of halogens is 1. The summed E-state index contributed by atoms with van der Waals surface area (Å²) in [5.41, 5.74) is 2.58. The molecule has 0 unspecified atom stereocenters. The third kappa shape index (κ3) is 4.36. The van der Waals surface area contributed by atoms with E-state index in [-0.39, 0.29) is 11.6 Å². The molecule has 0 aromatic heterocycles. The van der Waals surface area contributed by atoms with E-state index in [0.717, 1.165) is 11.1 Å². The van der Waals surface area contributed by atoms with Gasteiger partial charge in [0.2, 0.25) is 5.90 Å². The average Bonchev–Trinajstić information content (AvgIpc) is 3.14. The normalized spacial score (nSPS) is 14.4. The van der Waals surface area contributed by atoms with E-state index in [9.17, 15) is 4.79 Å². The van der Waals surface area contributed by atoms with Gasteiger partial charge in [0.05, 0.1) is 12.1 Å². The second-order valence-electron chi connectivity index (χ2n) is 6.51. The molecule has 6 heteroatoms. The van der Waals surface area contributed by atoms with Crippen LogP contribution in [0.4, 0.5) is 0 Å². The van der Waals surface area contributed by atoms with Crippen molar-refractivity contribution in [2.24, 2.45) is 4.99 Å². The summed E-state index contributed by atoms with van der Waals surface area (Å²) in [5, 5.41) is 0.371. The maximum atomic E-state index is 12.2. The lowest BCUT2D eigenvalue weighted by atomic mass is 10.1. The number of carbonyl (C=O) groups is 1. The third-order valence-electron chi connectivity index (χ3n) is 4.42. The van der Waals surface area contributed by atoms with Gasteiger partial charge in [-0.05, 0) is 41.5 Å². The summed E-state index contributed by atoms with van der Waals surface area (Å²) >= 11 is 6.44. The van der Waals surface area contributed by atoms with Gasteiger partial charge < -0.3 is 14.2 Å². The van der Waals surface area contributed by atoms with Crippen LogP contribution in [0.25, 0.3) is 6.08 Å². The minimum absolute atomic E-state index is 0.185. The summed E-state index contributed by atoms with van der Waals surface area (Å²) < 4.78 is 16.6. The minimum atomic E-state index is -0.520. The fourth-order valence-electron chi connectivity index (χ4n) is 2.96. The van der Waals surface area contributed by atoms with Crippen LogP contribution in [0.5, 0.6) is 11.5 Å². The van der Waals surface area contributed by atoms with E-state index < -0.39 is 5.97 Å². The first kappa shape index (κ1) is 19.7. The number of ether oxygens (including phenoxy) is 3. The number of cyclic esters (lactones) is 1. The lowest BCUT2D eigenvalue weighted by Gasteiger charge is -2.13. The molecule has 3 aromatic carbocycles. The first-order chi connectivity index (χ1) is 14.6. The smallest absolute Gasteiger partial charge is 0.363 e. The third-order valence-corrected chi connectivity index (χ3v) is 4.70. The van der Waals surface area contributed by atoms with Crippen LogP contribution in [-0.4, -0.2) is 19.0 Å². The van der Waals surface area contributed by atoms with E-state index in [1.807, 2.05) is 60.7 Å². The zero-order valence-corrected chi connectivity index (χ0v) is 16.9. The van der Waals surface area contributed by atoms with Gasteiger partial charge in [-0.15, -0.1) is 0 Å². The molecule has 0 aliphatic carbocycles. The molecular weight excluding hydrogens is 402 g/mol. The van der Waals surface area contributed by atoms with E-state index in [1.54, 1.807) is 18.2 Å². The van der Waals surface area contributed by atoms with Gasteiger partial charge in [-0.1, -0.05) is 60.1 Å². The predicted molar refractivity (Wildman–Crippen MR) is 116 cm³/mol. The highest BCUT2D eigenvalue weighted by atomic mass is 35.5. The molecule has 0 fully saturated rings. The highest BCUT2D eigenvalue weighted by Gasteiger charge is 2.24. The van der Waals surface area contributed by atoms with Crippen molar-refractivity contribution < 1.29 is 19.0 Å². The van der Waals surface area contributed by atoms with E-state index in [2.05, 4.69) is 4.99 Å². The van der Waals surface area contributed by atoms with Crippen molar-refractivity contribution in [3.8, 4) is 11.5 Å². The molecule has 1 aliphatic rings. The zero-order valence-electron chi connectivity index (χ0n) is 16.2. The number of carbonyl (C=O) groups excluding carboxylic acids is 1. The SMILES string of the molecule is COc1cc(C=C2N=C(c3ccccc3)OC2=O)cc(Cl)c1OCc1ccccc1. The van der Waals surface area contributed by atoms with Crippen LogP contribution in [0.1, 0.15) is 16.7 Å². The number of hydrogen-bond acceptors (Lipinski definition) is 5. The maximum Gasteiger partial charge on any atom is 0.363 e. The Balaban J connectivity index is 1.60. The molecule has 30 heavy (non-hydrogen) atoms. The van der Waals surface area contributed by atoms with Crippen LogP contribution in [0.3, 0.4) is 0 Å².